The lowest BCUT2D eigenvalue weighted by molar-refractivity contribution is 1.31. The van der Waals surface area contributed by atoms with E-state index < -0.39 is 0 Å². The van der Waals surface area contributed by atoms with E-state index in [2.05, 4.69) is 31.4 Å². The Bertz CT molecular complexity index is 689. The van der Waals surface area contributed by atoms with Crippen LogP contribution in [-0.4, -0.2) is 9.60 Å². The van der Waals surface area contributed by atoms with Gasteiger partial charge in [-0.1, -0.05) is 53.8 Å². The summed E-state index contributed by atoms with van der Waals surface area (Å²) in [4.78, 5) is 4.46. The second-order valence-electron chi connectivity index (χ2n) is 3.87. The van der Waals surface area contributed by atoms with Crippen LogP contribution in [0.1, 0.15) is 5.56 Å². The van der Waals surface area contributed by atoms with Crippen molar-refractivity contribution in [1.29, 1.82) is 0 Å². The molecule has 3 aromatic rings. The monoisotopic (exact) mass is 331 g/mol. The molecule has 3 rings (SSSR count). The highest BCUT2D eigenvalue weighted by Gasteiger charge is 2.02. The summed E-state index contributed by atoms with van der Waals surface area (Å²) in [6, 6.07) is 17.9. The highest BCUT2D eigenvalue weighted by molar-refractivity contribution is 9.18. The summed E-state index contributed by atoms with van der Waals surface area (Å²) < 4.78 is 1.91. The van der Waals surface area contributed by atoms with Gasteiger partial charge >= 0.3 is 0 Å². The van der Waals surface area contributed by atoms with Gasteiger partial charge in [0.1, 0.15) is 4.62 Å². The fourth-order valence-corrected chi connectivity index (χ4v) is 2.82. The summed E-state index contributed by atoms with van der Waals surface area (Å²) in [6.45, 7) is 0. The number of fused-ring (bicyclic) bond motifs is 1. The number of halogens is 1. The van der Waals surface area contributed by atoms with Gasteiger partial charge in [-0.05, 0) is 28.1 Å². The van der Waals surface area contributed by atoms with Gasteiger partial charge in [-0.2, -0.15) is 5.10 Å². The normalized spacial score (nSPS) is 11.7. The van der Waals surface area contributed by atoms with Crippen LogP contribution in [0.2, 0.25) is 0 Å². The van der Waals surface area contributed by atoms with Gasteiger partial charge in [-0.15, -0.1) is 0 Å². The van der Waals surface area contributed by atoms with Crippen LogP contribution < -0.4 is 5.43 Å². The number of nitrogens with zero attached hydrogens (tertiary/aromatic N) is 2. The Morgan fingerprint density at radius 3 is 2.58 bits per heavy atom. The van der Waals surface area contributed by atoms with E-state index in [1.54, 1.807) is 11.3 Å². The van der Waals surface area contributed by atoms with E-state index in [0.717, 1.165) is 25.5 Å². The number of hydrogen-bond donors (Lipinski definition) is 1. The van der Waals surface area contributed by atoms with E-state index in [9.17, 15) is 0 Å². The van der Waals surface area contributed by atoms with E-state index in [0.29, 0.717) is 0 Å². The molecule has 0 bridgehead atoms. The van der Waals surface area contributed by atoms with Crippen LogP contribution in [0.5, 0.6) is 0 Å². The van der Waals surface area contributed by atoms with Crippen LogP contribution in [-0.2, 0) is 0 Å². The lowest BCUT2D eigenvalue weighted by Gasteiger charge is -1.98. The van der Waals surface area contributed by atoms with Crippen molar-refractivity contribution in [2.24, 2.45) is 5.10 Å². The predicted molar refractivity (Wildman–Crippen MR) is 85.1 cm³/mol. The van der Waals surface area contributed by atoms with E-state index in [1.807, 2.05) is 54.6 Å². The summed E-state index contributed by atoms with van der Waals surface area (Å²) in [5, 5.41) is 5.08. The van der Waals surface area contributed by atoms with Gasteiger partial charge in [0.15, 0.2) is 0 Å². The highest BCUT2D eigenvalue weighted by atomic mass is 79.9. The molecule has 0 fully saturated rings. The van der Waals surface area contributed by atoms with E-state index >= 15 is 0 Å². The maximum absolute atomic E-state index is 4.46. The molecule has 1 N–H and O–H groups in total. The first kappa shape index (κ1) is 12.3. The van der Waals surface area contributed by atoms with Crippen LogP contribution in [0.15, 0.2) is 59.7 Å². The van der Waals surface area contributed by atoms with Gasteiger partial charge in [-0.3, -0.25) is 5.43 Å². The Balaban J connectivity index is 1.82. The van der Waals surface area contributed by atoms with Crippen LogP contribution in [0, 0.1) is 0 Å². The number of aromatic nitrogens is 1. The Kier molecular flexibility index (Phi) is 3.57. The van der Waals surface area contributed by atoms with Gasteiger partial charge in [0.25, 0.3) is 0 Å². The molecule has 0 aliphatic rings. The van der Waals surface area contributed by atoms with Crippen molar-refractivity contribution in [3.8, 4) is 0 Å². The molecule has 1 heterocycles. The molecule has 3 nitrogen and oxygen atoms in total. The zero-order valence-corrected chi connectivity index (χ0v) is 12.3. The van der Waals surface area contributed by atoms with Crippen LogP contribution >= 0.6 is 27.3 Å². The molecule has 0 atom stereocenters. The number of rotatable bonds is 3. The Morgan fingerprint density at radius 1 is 1.05 bits per heavy atom. The van der Waals surface area contributed by atoms with Crippen molar-refractivity contribution in [3.63, 3.8) is 0 Å². The van der Waals surface area contributed by atoms with Crippen molar-refractivity contribution >= 4 is 47.2 Å². The molecule has 0 unspecified atom stereocenters. The number of hydrogen-bond acceptors (Lipinski definition) is 4. The van der Waals surface area contributed by atoms with Gasteiger partial charge in [-0.25, -0.2) is 4.98 Å². The topological polar surface area (TPSA) is 37.3 Å². The van der Waals surface area contributed by atoms with Gasteiger partial charge in [0.05, 0.1) is 10.2 Å². The summed E-state index contributed by atoms with van der Waals surface area (Å²) in [5.74, 6) is 0. The Morgan fingerprint density at radius 2 is 1.79 bits per heavy atom. The van der Waals surface area contributed by atoms with Gasteiger partial charge < -0.3 is 0 Å². The molecule has 0 radical (unpaired) electrons. The number of thiazole rings is 1. The minimum absolute atomic E-state index is 0.757. The zero-order valence-electron chi connectivity index (χ0n) is 9.88. The lowest BCUT2D eigenvalue weighted by atomic mass is 10.2. The molecular formula is C14H10BrN3S. The van der Waals surface area contributed by atoms with E-state index in [4.69, 9.17) is 0 Å². The van der Waals surface area contributed by atoms with Crippen LogP contribution in [0.25, 0.3) is 10.2 Å². The maximum atomic E-state index is 4.46. The van der Waals surface area contributed by atoms with E-state index in [1.165, 1.54) is 0 Å². The molecular weight excluding hydrogens is 322 g/mol. The van der Waals surface area contributed by atoms with Crippen molar-refractivity contribution in [1.82, 2.24) is 4.98 Å². The summed E-state index contributed by atoms with van der Waals surface area (Å²) in [6.07, 6.45) is 0. The molecule has 0 aliphatic carbocycles. The quantitative estimate of drug-likeness (QED) is 0.568. The molecule has 0 saturated carbocycles. The smallest absolute Gasteiger partial charge is 0.204 e. The molecule has 19 heavy (non-hydrogen) atoms. The Labute approximate surface area is 123 Å². The van der Waals surface area contributed by atoms with Gasteiger partial charge in [0, 0.05) is 5.56 Å². The first-order chi connectivity index (χ1) is 9.33. The number of benzene rings is 2. The average molecular weight is 332 g/mol. The van der Waals surface area contributed by atoms with E-state index in [-0.39, 0.29) is 0 Å². The second kappa shape index (κ2) is 5.50. The van der Waals surface area contributed by atoms with Crippen LogP contribution in [0.3, 0.4) is 0 Å². The third-order valence-corrected chi connectivity index (χ3v) is 4.13. The number of para-hydroxylation sites is 1. The molecule has 0 spiro atoms. The second-order valence-corrected chi connectivity index (χ2v) is 5.65. The average Bonchev–Trinajstić information content (AvgIpc) is 2.88. The fourth-order valence-electron chi connectivity index (χ4n) is 1.66. The summed E-state index contributed by atoms with van der Waals surface area (Å²) in [7, 11) is 0. The van der Waals surface area contributed by atoms with Crippen molar-refractivity contribution < 1.29 is 0 Å². The van der Waals surface area contributed by atoms with Crippen molar-refractivity contribution in [2.75, 3.05) is 5.43 Å². The van der Waals surface area contributed by atoms with Crippen molar-refractivity contribution in [3.05, 3.63) is 60.2 Å². The highest BCUT2D eigenvalue weighted by Crippen LogP contribution is 2.25. The molecule has 0 aliphatic heterocycles. The third kappa shape index (κ3) is 2.83. The molecule has 5 heteroatoms. The largest absolute Gasteiger partial charge is 0.251 e. The molecule has 2 aromatic carbocycles. The lowest BCUT2D eigenvalue weighted by Crippen LogP contribution is -1.95. The summed E-state index contributed by atoms with van der Waals surface area (Å²) in [5.41, 5.74) is 4.99. The van der Waals surface area contributed by atoms with Gasteiger partial charge in [0.2, 0.25) is 5.13 Å². The first-order valence-electron chi connectivity index (χ1n) is 5.73. The SMILES string of the molecule is Br/C(=N\Nc1nc2ccccc2s1)c1ccccc1. The minimum Gasteiger partial charge on any atom is -0.251 e. The maximum Gasteiger partial charge on any atom is 0.204 e. The molecule has 1 aromatic heterocycles. The van der Waals surface area contributed by atoms with Crippen molar-refractivity contribution in [2.45, 2.75) is 0 Å². The molecule has 0 amide bonds. The number of hydrazone groups is 1. The zero-order chi connectivity index (χ0) is 13.1. The summed E-state index contributed by atoms with van der Waals surface area (Å²) >= 11 is 5.04. The number of anilines is 1. The third-order valence-electron chi connectivity index (χ3n) is 2.56. The number of nitrogens with one attached hydrogen (secondary N) is 1. The van der Waals surface area contributed by atoms with Crippen LogP contribution in [0.4, 0.5) is 5.13 Å². The Hall–Kier alpha value is -1.72. The predicted octanol–water partition coefficient (Wildman–Crippen LogP) is 4.46. The standard InChI is InChI=1S/C14H10BrN3S/c15-13(10-6-2-1-3-7-10)17-18-14-16-11-8-4-5-9-12(11)19-14/h1-9H,(H,16,18)/b17-13-. The fraction of sp³-hybridized carbons (Fsp3) is 0. The molecule has 0 saturated heterocycles. The first-order valence-corrected chi connectivity index (χ1v) is 7.34. The minimum atomic E-state index is 0.757. The molecule has 94 valence electrons.